The first kappa shape index (κ1) is 9.83. The van der Waals surface area contributed by atoms with Gasteiger partial charge in [-0.15, -0.1) is 11.3 Å². The fourth-order valence-corrected chi connectivity index (χ4v) is 2.17. The summed E-state index contributed by atoms with van der Waals surface area (Å²) in [7, 11) is 0. The fourth-order valence-electron chi connectivity index (χ4n) is 1.62. The molecule has 0 spiro atoms. The topological polar surface area (TPSA) is 45.1 Å². The maximum atomic E-state index is 8.95. The zero-order valence-electron chi connectivity index (χ0n) is 7.89. The zero-order chi connectivity index (χ0) is 9.80. The summed E-state index contributed by atoms with van der Waals surface area (Å²) in [5, 5.41) is 12.4. The quantitative estimate of drug-likeness (QED) is 0.733. The summed E-state index contributed by atoms with van der Waals surface area (Å²) in [5.74, 6) is 0.342. The van der Waals surface area contributed by atoms with E-state index < -0.39 is 0 Å². The van der Waals surface area contributed by atoms with Crippen LogP contribution in [0, 0.1) is 5.92 Å². The second-order valence-electron chi connectivity index (χ2n) is 3.52. The van der Waals surface area contributed by atoms with Crippen molar-refractivity contribution in [2.75, 3.05) is 6.61 Å². The number of nitrogens with zero attached hydrogens (tertiary/aromatic N) is 1. The average Bonchev–Trinajstić information content (AvgIpc) is 2.86. The van der Waals surface area contributed by atoms with Gasteiger partial charge < -0.3 is 10.4 Å². The van der Waals surface area contributed by atoms with E-state index in [4.69, 9.17) is 5.11 Å². The SMILES string of the molecule is OC[C@H]1C=C[C@@H](NCc2cncs2)C1. The molecule has 76 valence electrons. The summed E-state index contributed by atoms with van der Waals surface area (Å²) in [5.41, 5.74) is 1.85. The van der Waals surface area contributed by atoms with Crippen LogP contribution in [0.5, 0.6) is 0 Å². The van der Waals surface area contributed by atoms with Crippen molar-refractivity contribution in [2.24, 2.45) is 5.92 Å². The van der Waals surface area contributed by atoms with Crippen LogP contribution in [0.1, 0.15) is 11.3 Å². The van der Waals surface area contributed by atoms with Crippen LogP contribution in [0.2, 0.25) is 0 Å². The number of nitrogens with one attached hydrogen (secondary N) is 1. The third-order valence-electron chi connectivity index (χ3n) is 2.43. The Balaban J connectivity index is 1.75. The molecule has 0 radical (unpaired) electrons. The van der Waals surface area contributed by atoms with Gasteiger partial charge in [0.15, 0.2) is 0 Å². The van der Waals surface area contributed by atoms with Crippen LogP contribution >= 0.6 is 11.3 Å². The summed E-state index contributed by atoms with van der Waals surface area (Å²) < 4.78 is 0. The Kier molecular flexibility index (Phi) is 3.29. The van der Waals surface area contributed by atoms with Gasteiger partial charge in [0.2, 0.25) is 0 Å². The van der Waals surface area contributed by atoms with Gasteiger partial charge in [-0.1, -0.05) is 12.2 Å². The van der Waals surface area contributed by atoms with E-state index in [0.29, 0.717) is 12.0 Å². The van der Waals surface area contributed by atoms with E-state index in [-0.39, 0.29) is 6.61 Å². The largest absolute Gasteiger partial charge is 0.396 e. The van der Waals surface area contributed by atoms with Crippen molar-refractivity contribution in [3.05, 3.63) is 28.7 Å². The number of aliphatic hydroxyl groups is 1. The molecule has 3 nitrogen and oxygen atoms in total. The van der Waals surface area contributed by atoms with E-state index in [9.17, 15) is 0 Å². The van der Waals surface area contributed by atoms with E-state index in [1.165, 1.54) is 4.88 Å². The van der Waals surface area contributed by atoms with Crippen LogP contribution in [0.3, 0.4) is 0 Å². The monoisotopic (exact) mass is 210 g/mol. The average molecular weight is 210 g/mol. The van der Waals surface area contributed by atoms with E-state index in [0.717, 1.165) is 13.0 Å². The highest BCUT2D eigenvalue weighted by Crippen LogP contribution is 2.17. The molecule has 2 atom stereocenters. The molecule has 1 heterocycles. The minimum Gasteiger partial charge on any atom is -0.396 e. The first-order valence-electron chi connectivity index (χ1n) is 4.78. The number of thiazole rings is 1. The molecular formula is C10H14N2OS. The molecule has 0 amide bonds. The van der Waals surface area contributed by atoms with Crippen LogP contribution in [0.15, 0.2) is 23.9 Å². The standard InChI is InChI=1S/C10H14N2OS/c13-6-8-1-2-9(3-8)12-5-10-4-11-7-14-10/h1-2,4,7-9,12-13H,3,5-6H2/t8-,9+/m0/s1. The Hall–Kier alpha value is -0.710. The zero-order valence-corrected chi connectivity index (χ0v) is 8.70. The third-order valence-corrected chi connectivity index (χ3v) is 3.21. The maximum absolute atomic E-state index is 8.95. The molecular weight excluding hydrogens is 196 g/mol. The van der Waals surface area contributed by atoms with Crippen molar-refractivity contribution >= 4 is 11.3 Å². The molecule has 14 heavy (non-hydrogen) atoms. The van der Waals surface area contributed by atoms with Crippen molar-refractivity contribution in [3.8, 4) is 0 Å². The van der Waals surface area contributed by atoms with Gasteiger partial charge in [0.25, 0.3) is 0 Å². The van der Waals surface area contributed by atoms with Crippen LogP contribution in [0.25, 0.3) is 0 Å². The van der Waals surface area contributed by atoms with Gasteiger partial charge in [0, 0.05) is 36.2 Å². The predicted molar refractivity (Wildman–Crippen MR) is 57.1 cm³/mol. The molecule has 0 aromatic carbocycles. The van der Waals surface area contributed by atoms with Crippen LogP contribution < -0.4 is 5.32 Å². The molecule has 0 fully saturated rings. The molecule has 0 saturated heterocycles. The normalized spacial score (nSPS) is 25.8. The van der Waals surface area contributed by atoms with Crippen LogP contribution in [0.4, 0.5) is 0 Å². The number of rotatable bonds is 4. The van der Waals surface area contributed by atoms with Gasteiger partial charge >= 0.3 is 0 Å². The lowest BCUT2D eigenvalue weighted by molar-refractivity contribution is 0.246. The molecule has 0 unspecified atom stereocenters. The molecule has 4 heteroatoms. The van der Waals surface area contributed by atoms with Crippen molar-refractivity contribution in [3.63, 3.8) is 0 Å². The molecule has 1 aromatic rings. The van der Waals surface area contributed by atoms with Gasteiger partial charge in [-0.3, -0.25) is 4.98 Å². The molecule has 2 N–H and O–H groups in total. The highest BCUT2D eigenvalue weighted by Gasteiger charge is 2.17. The molecule has 2 rings (SSSR count). The van der Waals surface area contributed by atoms with Crippen LogP contribution in [-0.2, 0) is 6.54 Å². The Labute approximate surface area is 87.5 Å². The van der Waals surface area contributed by atoms with Crippen LogP contribution in [-0.4, -0.2) is 22.7 Å². The highest BCUT2D eigenvalue weighted by molar-refractivity contribution is 7.09. The molecule has 0 aliphatic heterocycles. The lowest BCUT2D eigenvalue weighted by Crippen LogP contribution is -2.25. The van der Waals surface area contributed by atoms with Crippen molar-refractivity contribution in [2.45, 2.75) is 19.0 Å². The van der Waals surface area contributed by atoms with Gasteiger partial charge in [-0.2, -0.15) is 0 Å². The van der Waals surface area contributed by atoms with Gasteiger partial charge in [0.05, 0.1) is 5.51 Å². The van der Waals surface area contributed by atoms with Crippen molar-refractivity contribution < 1.29 is 5.11 Å². The van der Waals surface area contributed by atoms with E-state index in [2.05, 4.69) is 22.5 Å². The summed E-state index contributed by atoms with van der Waals surface area (Å²) >= 11 is 1.67. The van der Waals surface area contributed by atoms with Gasteiger partial charge in [-0.05, 0) is 6.42 Å². The smallest absolute Gasteiger partial charge is 0.0794 e. The van der Waals surface area contributed by atoms with Crippen molar-refractivity contribution in [1.29, 1.82) is 0 Å². The van der Waals surface area contributed by atoms with E-state index in [1.807, 2.05) is 11.7 Å². The third kappa shape index (κ3) is 2.41. The molecule has 0 saturated carbocycles. The summed E-state index contributed by atoms with van der Waals surface area (Å²) in [6, 6.07) is 0.411. The lowest BCUT2D eigenvalue weighted by atomic mass is 10.1. The maximum Gasteiger partial charge on any atom is 0.0794 e. The Morgan fingerprint density at radius 2 is 2.50 bits per heavy atom. The number of aromatic nitrogens is 1. The highest BCUT2D eigenvalue weighted by atomic mass is 32.1. The minimum absolute atomic E-state index is 0.259. The first-order chi connectivity index (χ1) is 6.88. The van der Waals surface area contributed by atoms with Crippen molar-refractivity contribution in [1.82, 2.24) is 10.3 Å². The van der Waals surface area contributed by atoms with E-state index >= 15 is 0 Å². The summed E-state index contributed by atoms with van der Waals surface area (Å²) in [4.78, 5) is 5.27. The summed E-state index contributed by atoms with van der Waals surface area (Å²) in [6.07, 6.45) is 7.13. The number of hydrogen-bond donors (Lipinski definition) is 2. The second-order valence-corrected chi connectivity index (χ2v) is 4.49. The second kappa shape index (κ2) is 4.68. The fraction of sp³-hybridized carbons (Fsp3) is 0.500. The summed E-state index contributed by atoms with van der Waals surface area (Å²) in [6.45, 7) is 1.13. The van der Waals surface area contributed by atoms with Gasteiger partial charge in [0.1, 0.15) is 0 Å². The van der Waals surface area contributed by atoms with E-state index in [1.54, 1.807) is 11.3 Å². The predicted octanol–water partition coefficient (Wildman–Crippen LogP) is 1.17. The minimum atomic E-state index is 0.259. The molecule has 1 aliphatic carbocycles. The lowest BCUT2D eigenvalue weighted by Gasteiger charge is -2.11. The molecule has 0 bridgehead atoms. The Morgan fingerprint density at radius 1 is 1.57 bits per heavy atom. The number of hydrogen-bond acceptors (Lipinski definition) is 4. The molecule has 1 aliphatic rings. The first-order valence-corrected chi connectivity index (χ1v) is 5.66. The molecule has 1 aromatic heterocycles. The Bertz CT molecular complexity index is 297. The Morgan fingerprint density at radius 3 is 3.14 bits per heavy atom. The van der Waals surface area contributed by atoms with Gasteiger partial charge in [-0.25, -0.2) is 0 Å². The number of aliphatic hydroxyl groups excluding tert-OH is 1.